The maximum Gasteiger partial charge on any atom is 0.209 e. The Morgan fingerprint density at radius 1 is 1.25 bits per heavy atom. The zero-order chi connectivity index (χ0) is 12.4. The third-order valence-corrected chi connectivity index (χ3v) is 4.08. The first-order valence-corrected chi connectivity index (χ1v) is 7.82. The highest BCUT2D eigenvalue weighted by molar-refractivity contribution is 7.88. The van der Waals surface area contributed by atoms with Gasteiger partial charge in [-0.05, 0) is 51.9 Å². The highest BCUT2D eigenvalue weighted by atomic mass is 32.2. The average molecular weight is 248 g/mol. The SMILES string of the molecule is CC(C)(CC1CCC(N)CC1)NS(C)(=O)=O. The highest BCUT2D eigenvalue weighted by Crippen LogP contribution is 2.30. The van der Waals surface area contributed by atoms with Gasteiger partial charge in [0.25, 0.3) is 0 Å². The Bertz CT molecular complexity index is 317. The molecule has 96 valence electrons. The van der Waals surface area contributed by atoms with E-state index >= 15 is 0 Å². The van der Waals surface area contributed by atoms with E-state index in [0.717, 1.165) is 32.1 Å². The largest absolute Gasteiger partial charge is 0.328 e. The van der Waals surface area contributed by atoms with E-state index in [1.54, 1.807) is 0 Å². The van der Waals surface area contributed by atoms with Crippen LogP contribution in [0.25, 0.3) is 0 Å². The van der Waals surface area contributed by atoms with Crippen molar-refractivity contribution in [3.05, 3.63) is 0 Å². The number of hydrogen-bond acceptors (Lipinski definition) is 3. The van der Waals surface area contributed by atoms with Gasteiger partial charge in [0.05, 0.1) is 6.26 Å². The maximum atomic E-state index is 11.2. The Kier molecular flexibility index (Phi) is 4.37. The van der Waals surface area contributed by atoms with Crippen molar-refractivity contribution in [3.63, 3.8) is 0 Å². The Labute approximate surface area is 99.0 Å². The van der Waals surface area contributed by atoms with E-state index in [1.807, 2.05) is 13.8 Å². The molecule has 0 atom stereocenters. The molecule has 4 nitrogen and oxygen atoms in total. The predicted octanol–water partition coefficient (Wildman–Crippen LogP) is 1.22. The molecule has 1 rings (SSSR count). The molecule has 0 radical (unpaired) electrons. The fraction of sp³-hybridized carbons (Fsp3) is 1.00. The van der Waals surface area contributed by atoms with Crippen molar-refractivity contribution in [2.45, 2.75) is 57.5 Å². The molecule has 1 aliphatic rings. The predicted molar refractivity (Wildman–Crippen MR) is 66.6 cm³/mol. The van der Waals surface area contributed by atoms with Crippen molar-refractivity contribution in [2.24, 2.45) is 11.7 Å². The Balaban J connectivity index is 2.46. The summed E-state index contributed by atoms with van der Waals surface area (Å²) in [5, 5.41) is 0. The molecule has 0 amide bonds. The lowest BCUT2D eigenvalue weighted by Gasteiger charge is -2.33. The zero-order valence-corrected chi connectivity index (χ0v) is 11.3. The van der Waals surface area contributed by atoms with Crippen molar-refractivity contribution in [1.82, 2.24) is 4.72 Å². The number of rotatable bonds is 4. The summed E-state index contributed by atoms with van der Waals surface area (Å²) in [6, 6.07) is 0.349. The fourth-order valence-electron chi connectivity index (χ4n) is 2.66. The van der Waals surface area contributed by atoms with Crippen LogP contribution >= 0.6 is 0 Å². The van der Waals surface area contributed by atoms with E-state index in [1.165, 1.54) is 6.26 Å². The van der Waals surface area contributed by atoms with Gasteiger partial charge < -0.3 is 5.73 Å². The van der Waals surface area contributed by atoms with E-state index in [9.17, 15) is 8.42 Å². The monoisotopic (exact) mass is 248 g/mol. The van der Waals surface area contributed by atoms with Crippen LogP contribution in [0.4, 0.5) is 0 Å². The van der Waals surface area contributed by atoms with Gasteiger partial charge in [0.1, 0.15) is 0 Å². The van der Waals surface area contributed by atoms with Gasteiger partial charge in [-0.3, -0.25) is 0 Å². The lowest BCUT2D eigenvalue weighted by molar-refractivity contribution is 0.254. The normalized spacial score (nSPS) is 28.0. The minimum absolute atomic E-state index is 0.348. The van der Waals surface area contributed by atoms with Crippen LogP contribution in [0.3, 0.4) is 0 Å². The minimum atomic E-state index is -3.12. The summed E-state index contributed by atoms with van der Waals surface area (Å²) in [6.45, 7) is 3.89. The maximum absolute atomic E-state index is 11.2. The third kappa shape index (κ3) is 5.27. The molecule has 16 heavy (non-hydrogen) atoms. The highest BCUT2D eigenvalue weighted by Gasteiger charge is 2.28. The molecule has 0 aliphatic heterocycles. The summed E-state index contributed by atoms with van der Waals surface area (Å²) < 4.78 is 25.1. The topological polar surface area (TPSA) is 72.2 Å². The fourth-order valence-corrected chi connectivity index (χ4v) is 3.74. The van der Waals surface area contributed by atoms with Crippen LogP contribution in [0.2, 0.25) is 0 Å². The smallest absolute Gasteiger partial charge is 0.209 e. The van der Waals surface area contributed by atoms with Crippen LogP contribution in [0, 0.1) is 5.92 Å². The van der Waals surface area contributed by atoms with Gasteiger partial charge in [0.15, 0.2) is 0 Å². The summed E-state index contributed by atoms with van der Waals surface area (Å²) >= 11 is 0. The van der Waals surface area contributed by atoms with Crippen LogP contribution < -0.4 is 10.5 Å². The molecule has 0 aromatic carbocycles. The lowest BCUT2D eigenvalue weighted by Crippen LogP contribution is -2.44. The van der Waals surface area contributed by atoms with Crippen molar-refractivity contribution in [2.75, 3.05) is 6.26 Å². The summed E-state index contributed by atoms with van der Waals surface area (Å²) in [6.07, 6.45) is 6.49. The quantitative estimate of drug-likeness (QED) is 0.786. The van der Waals surface area contributed by atoms with Crippen molar-refractivity contribution < 1.29 is 8.42 Å². The first kappa shape index (κ1) is 13.9. The number of nitrogens with two attached hydrogens (primary N) is 1. The summed E-state index contributed by atoms with van der Waals surface area (Å²) in [4.78, 5) is 0. The van der Waals surface area contributed by atoms with E-state index in [-0.39, 0.29) is 5.54 Å². The molecule has 1 saturated carbocycles. The molecular formula is C11H24N2O2S. The summed E-state index contributed by atoms with van der Waals surface area (Å²) in [5.41, 5.74) is 5.50. The standard InChI is InChI=1S/C11H24N2O2S/c1-11(2,13-16(3,14)15)8-9-4-6-10(12)7-5-9/h9-10,13H,4-8,12H2,1-3H3. The molecule has 1 fully saturated rings. The molecule has 5 heteroatoms. The molecule has 0 aromatic rings. The second-order valence-corrected chi connectivity index (χ2v) is 7.49. The summed E-state index contributed by atoms with van der Waals surface area (Å²) in [7, 11) is -3.12. The Morgan fingerprint density at radius 3 is 2.19 bits per heavy atom. The van der Waals surface area contributed by atoms with Crippen LogP contribution in [0.1, 0.15) is 46.0 Å². The number of hydrogen-bond donors (Lipinski definition) is 2. The van der Waals surface area contributed by atoms with Crippen LogP contribution in [-0.2, 0) is 10.0 Å². The Morgan fingerprint density at radius 2 is 1.75 bits per heavy atom. The van der Waals surface area contributed by atoms with Crippen LogP contribution in [-0.4, -0.2) is 26.3 Å². The third-order valence-electron chi connectivity index (χ3n) is 3.15. The molecule has 0 saturated heterocycles. The molecule has 0 bridgehead atoms. The Hall–Kier alpha value is -0.130. The van der Waals surface area contributed by atoms with Gasteiger partial charge in [0, 0.05) is 11.6 Å². The second-order valence-electron chi connectivity index (χ2n) is 5.74. The minimum Gasteiger partial charge on any atom is -0.328 e. The van der Waals surface area contributed by atoms with Gasteiger partial charge in [-0.2, -0.15) is 0 Å². The van der Waals surface area contributed by atoms with Gasteiger partial charge >= 0.3 is 0 Å². The average Bonchev–Trinajstić information content (AvgIpc) is 2.04. The van der Waals surface area contributed by atoms with E-state index in [4.69, 9.17) is 5.73 Å². The summed E-state index contributed by atoms with van der Waals surface area (Å²) in [5.74, 6) is 0.601. The number of sulfonamides is 1. The molecule has 0 aromatic heterocycles. The van der Waals surface area contributed by atoms with E-state index in [0.29, 0.717) is 12.0 Å². The van der Waals surface area contributed by atoms with Crippen molar-refractivity contribution >= 4 is 10.0 Å². The lowest BCUT2D eigenvalue weighted by atomic mass is 9.80. The molecular weight excluding hydrogens is 224 g/mol. The number of nitrogens with one attached hydrogen (secondary N) is 1. The van der Waals surface area contributed by atoms with E-state index in [2.05, 4.69) is 4.72 Å². The van der Waals surface area contributed by atoms with Crippen molar-refractivity contribution in [1.29, 1.82) is 0 Å². The second kappa shape index (κ2) is 5.02. The molecule has 0 spiro atoms. The van der Waals surface area contributed by atoms with Gasteiger partial charge in [-0.15, -0.1) is 0 Å². The van der Waals surface area contributed by atoms with Crippen LogP contribution in [0.5, 0.6) is 0 Å². The van der Waals surface area contributed by atoms with Gasteiger partial charge in [-0.1, -0.05) is 0 Å². The van der Waals surface area contributed by atoms with Gasteiger partial charge in [0.2, 0.25) is 10.0 Å². The molecule has 0 unspecified atom stereocenters. The van der Waals surface area contributed by atoms with Crippen LogP contribution in [0.15, 0.2) is 0 Å². The van der Waals surface area contributed by atoms with Crippen molar-refractivity contribution in [3.8, 4) is 0 Å². The molecule has 1 aliphatic carbocycles. The molecule has 3 N–H and O–H groups in total. The zero-order valence-electron chi connectivity index (χ0n) is 10.5. The van der Waals surface area contributed by atoms with E-state index < -0.39 is 10.0 Å². The first-order valence-electron chi connectivity index (χ1n) is 5.92. The molecule has 0 heterocycles. The first-order chi connectivity index (χ1) is 7.18. The van der Waals surface area contributed by atoms with Gasteiger partial charge in [-0.25, -0.2) is 13.1 Å².